The number of aromatic nitrogens is 1. The average molecular weight is 416 g/mol. The predicted octanol–water partition coefficient (Wildman–Crippen LogP) is 5.73. The molecule has 0 bridgehead atoms. The fourth-order valence-corrected chi connectivity index (χ4v) is 4.57. The Bertz CT molecular complexity index is 931. The molecular formula is C22H26ClN3O3. The highest BCUT2D eigenvalue weighted by molar-refractivity contribution is 6.32. The number of phenolic OH excluding ortho intramolecular Hbond substituents is 1. The van der Waals surface area contributed by atoms with Gasteiger partial charge in [0.25, 0.3) is 0 Å². The number of urea groups is 1. The van der Waals surface area contributed by atoms with Crippen LogP contribution in [0.4, 0.5) is 4.79 Å². The second kappa shape index (κ2) is 8.19. The summed E-state index contributed by atoms with van der Waals surface area (Å²) in [6, 6.07) is 4.15. The van der Waals surface area contributed by atoms with E-state index in [1.807, 2.05) is 13.8 Å². The second-order valence-electron chi connectivity index (χ2n) is 8.25. The zero-order valence-corrected chi connectivity index (χ0v) is 17.4. The Morgan fingerprint density at radius 1 is 1.24 bits per heavy atom. The third-order valence-electron chi connectivity index (χ3n) is 5.91. The van der Waals surface area contributed by atoms with E-state index in [4.69, 9.17) is 21.0 Å². The molecule has 1 fully saturated rings. The fraction of sp³-hybridized carbons (Fsp3) is 0.500. The molecule has 1 saturated carbocycles. The molecule has 0 saturated heterocycles. The highest BCUT2D eigenvalue weighted by Gasteiger charge is 2.39. The van der Waals surface area contributed by atoms with Gasteiger partial charge in [0.1, 0.15) is 12.0 Å². The van der Waals surface area contributed by atoms with Crippen molar-refractivity contribution in [3.63, 3.8) is 0 Å². The van der Waals surface area contributed by atoms with Crippen molar-refractivity contribution in [1.82, 2.24) is 10.3 Å². The van der Waals surface area contributed by atoms with Gasteiger partial charge >= 0.3 is 6.03 Å². The van der Waals surface area contributed by atoms with Crippen molar-refractivity contribution in [3.05, 3.63) is 46.6 Å². The molecule has 0 spiro atoms. The van der Waals surface area contributed by atoms with Gasteiger partial charge in [-0.3, -0.25) is 0 Å². The largest absolute Gasteiger partial charge is 0.506 e. The standard InChI is InChI=1S/C22H26ClN3O3/c1-12(2)19-18(21-24-16(11-29-21)13-6-4-3-5-7-13)20(26-22(28)25-19)14-8-9-17(27)15(23)10-14/h8-13,18,20,27H,3-7H2,1-2H3,(H,26,28). The fourth-order valence-electron chi connectivity index (χ4n) is 4.39. The number of nitrogens with zero attached hydrogens (tertiary/aromatic N) is 2. The highest BCUT2D eigenvalue weighted by atomic mass is 35.5. The van der Waals surface area contributed by atoms with Gasteiger partial charge in [0.2, 0.25) is 5.89 Å². The van der Waals surface area contributed by atoms with Crippen LogP contribution in [0, 0.1) is 5.92 Å². The van der Waals surface area contributed by atoms with Crippen molar-refractivity contribution in [2.45, 2.75) is 63.8 Å². The van der Waals surface area contributed by atoms with Crippen LogP contribution >= 0.6 is 11.6 Å². The van der Waals surface area contributed by atoms with E-state index in [-0.39, 0.29) is 22.6 Å². The van der Waals surface area contributed by atoms with Gasteiger partial charge in [0.15, 0.2) is 0 Å². The number of amides is 2. The van der Waals surface area contributed by atoms with Gasteiger partial charge in [-0.25, -0.2) is 14.8 Å². The topological polar surface area (TPSA) is 87.7 Å². The molecule has 2 N–H and O–H groups in total. The number of carbonyl (C=O) groups excluding carboxylic acids is 1. The minimum atomic E-state index is -0.423. The summed E-state index contributed by atoms with van der Waals surface area (Å²) in [4.78, 5) is 21.4. The molecule has 2 atom stereocenters. The van der Waals surface area contributed by atoms with Gasteiger partial charge < -0.3 is 14.8 Å². The smallest absolute Gasteiger partial charge is 0.341 e. The minimum absolute atomic E-state index is 0.00237. The van der Waals surface area contributed by atoms with Crippen LogP contribution in [0.15, 0.2) is 33.9 Å². The Morgan fingerprint density at radius 3 is 2.69 bits per heavy atom. The lowest BCUT2D eigenvalue weighted by Crippen LogP contribution is -2.41. The molecule has 1 aromatic carbocycles. The number of benzene rings is 1. The number of rotatable bonds is 4. The molecule has 4 rings (SSSR count). The number of aliphatic imine (C=N–C) groups is 1. The van der Waals surface area contributed by atoms with Crippen molar-refractivity contribution in [2.75, 3.05) is 0 Å². The lowest BCUT2D eigenvalue weighted by Gasteiger charge is -2.32. The molecule has 0 radical (unpaired) electrons. The molecular weight excluding hydrogens is 390 g/mol. The normalized spacial score (nSPS) is 23.2. The summed E-state index contributed by atoms with van der Waals surface area (Å²) >= 11 is 6.14. The van der Waals surface area contributed by atoms with Gasteiger partial charge in [0.05, 0.1) is 22.7 Å². The third kappa shape index (κ3) is 4.04. The van der Waals surface area contributed by atoms with Gasteiger partial charge in [-0.1, -0.05) is 50.8 Å². The second-order valence-corrected chi connectivity index (χ2v) is 8.66. The van der Waals surface area contributed by atoms with Crippen LogP contribution in [0.1, 0.15) is 81.0 Å². The first-order valence-electron chi connectivity index (χ1n) is 10.3. The lowest BCUT2D eigenvalue weighted by molar-refractivity contribution is 0.241. The number of halogens is 1. The van der Waals surface area contributed by atoms with E-state index in [9.17, 15) is 9.90 Å². The van der Waals surface area contributed by atoms with Crippen LogP contribution in [-0.4, -0.2) is 21.8 Å². The first-order chi connectivity index (χ1) is 13.9. The van der Waals surface area contributed by atoms with Crippen molar-refractivity contribution in [2.24, 2.45) is 10.9 Å². The molecule has 2 heterocycles. The van der Waals surface area contributed by atoms with E-state index in [2.05, 4.69) is 10.3 Å². The number of phenols is 1. The average Bonchev–Trinajstić information content (AvgIpc) is 3.20. The molecule has 2 amide bonds. The maximum atomic E-state index is 12.3. The minimum Gasteiger partial charge on any atom is -0.506 e. The summed E-state index contributed by atoms with van der Waals surface area (Å²) in [7, 11) is 0. The number of hydrogen-bond acceptors (Lipinski definition) is 4. The number of aromatic hydroxyl groups is 1. The molecule has 2 aliphatic rings. The van der Waals surface area contributed by atoms with E-state index in [1.165, 1.54) is 25.3 Å². The van der Waals surface area contributed by atoms with E-state index in [0.717, 1.165) is 29.8 Å². The number of hydrogen-bond donors (Lipinski definition) is 2. The molecule has 1 aliphatic heterocycles. The van der Waals surface area contributed by atoms with E-state index < -0.39 is 12.1 Å². The third-order valence-corrected chi connectivity index (χ3v) is 6.22. The molecule has 1 aliphatic carbocycles. The van der Waals surface area contributed by atoms with Gasteiger partial charge in [-0.2, -0.15) is 0 Å². The quantitative estimate of drug-likeness (QED) is 0.667. The summed E-state index contributed by atoms with van der Waals surface area (Å²) in [5, 5.41) is 13.0. The zero-order valence-electron chi connectivity index (χ0n) is 16.7. The molecule has 29 heavy (non-hydrogen) atoms. The first kappa shape index (κ1) is 20.0. The van der Waals surface area contributed by atoms with Crippen LogP contribution in [0.5, 0.6) is 5.75 Å². The molecule has 7 heteroatoms. The SMILES string of the molecule is CC(C)C1=NC(=O)NC(c2ccc(O)c(Cl)c2)C1c1nc(C2CCCCC2)co1. The Morgan fingerprint density at radius 2 is 2.00 bits per heavy atom. The van der Waals surface area contributed by atoms with Crippen molar-refractivity contribution in [1.29, 1.82) is 0 Å². The van der Waals surface area contributed by atoms with Crippen LogP contribution in [-0.2, 0) is 0 Å². The van der Waals surface area contributed by atoms with Gasteiger partial charge in [-0.05, 0) is 36.5 Å². The van der Waals surface area contributed by atoms with E-state index in [0.29, 0.717) is 11.8 Å². The number of nitrogens with one attached hydrogen (secondary N) is 1. The van der Waals surface area contributed by atoms with Crippen LogP contribution in [0.3, 0.4) is 0 Å². The maximum Gasteiger partial charge on any atom is 0.341 e. The van der Waals surface area contributed by atoms with E-state index in [1.54, 1.807) is 18.4 Å². The molecule has 6 nitrogen and oxygen atoms in total. The molecule has 2 aromatic rings. The Kier molecular flexibility index (Phi) is 5.63. The maximum absolute atomic E-state index is 12.3. The zero-order chi connectivity index (χ0) is 20.5. The number of carbonyl (C=O) groups is 1. The predicted molar refractivity (Wildman–Crippen MR) is 112 cm³/mol. The van der Waals surface area contributed by atoms with Crippen molar-refractivity contribution < 1.29 is 14.3 Å². The summed E-state index contributed by atoms with van der Waals surface area (Å²) < 4.78 is 5.95. The molecule has 2 unspecified atom stereocenters. The Hall–Kier alpha value is -2.34. The summed E-state index contributed by atoms with van der Waals surface area (Å²) in [5.41, 5.74) is 2.50. The lowest BCUT2D eigenvalue weighted by atomic mass is 9.83. The van der Waals surface area contributed by atoms with Crippen molar-refractivity contribution >= 4 is 23.3 Å². The van der Waals surface area contributed by atoms with Crippen LogP contribution in [0.2, 0.25) is 5.02 Å². The summed E-state index contributed by atoms with van der Waals surface area (Å²) in [5.74, 6) is 0.715. The van der Waals surface area contributed by atoms with Gasteiger partial charge in [-0.15, -0.1) is 0 Å². The monoisotopic (exact) mass is 415 g/mol. The van der Waals surface area contributed by atoms with Gasteiger partial charge in [0, 0.05) is 11.6 Å². The van der Waals surface area contributed by atoms with Crippen molar-refractivity contribution in [3.8, 4) is 5.75 Å². The summed E-state index contributed by atoms with van der Waals surface area (Å²) in [6.07, 6.45) is 7.76. The molecule has 1 aromatic heterocycles. The first-order valence-corrected chi connectivity index (χ1v) is 10.6. The van der Waals surface area contributed by atoms with E-state index >= 15 is 0 Å². The highest BCUT2D eigenvalue weighted by Crippen LogP contribution is 2.40. The summed E-state index contributed by atoms with van der Waals surface area (Å²) in [6.45, 7) is 4.02. The Balaban J connectivity index is 1.74. The molecule has 154 valence electrons. The Labute approximate surface area is 175 Å². The van der Waals surface area contributed by atoms with Crippen LogP contribution in [0.25, 0.3) is 0 Å². The number of oxazole rings is 1. The van der Waals surface area contributed by atoms with Crippen LogP contribution < -0.4 is 5.32 Å².